The SMILES string of the molecule is O=C1S/C(=C\c2cc(Br)cc([N+](=O)[O-])c2O)C(=O)N1CCOc1ccccc1Cl. The van der Waals surface area contributed by atoms with Gasteiger partial charge in [0.05, 0.1) is 21.4 Å². The standard InChI is InChI=1S/C18H12BrClN2O6S/c19-11-7-10(16(23)13(9-11)22(26)27)8-15-17(24)21(18(25)29-15)5-6-28-14-4-2-1-3-12(14)20/h1-4,7-9,23H,5-6H2/b15-8-. The molecule has 0 aliphatic carbocycles. The van der Waals surface area contributed by atoms with Crippen LogP contribution < -0.4 is 4.74 Å². The molecule has 2 aromatic carbocycles. The molecule has 0 unspecified atom stereocenters. The van der Waals surface area contributed by atoms with E-state index in [1.165, 1.54) is 12.1 Å². The second-order valence-corrected chi connectivity index (χ2v) is 8.05. The van der Waals surface area contributed by atoms with Gasteiger partial charge < -0.3 is 9.84 Å². The number of hydrogen-bond acceptors (Lipinski definition) is 7. The van der Waals surface area contributed by atoms with Crippen LogP contribution in [-0.4, -0.2) is 39.2 Å². The molecule has 2 aromatic rings. The number of nitro benzene ring substituents is 1. The van der Waals surface area contributed by atoms with Crippen LogP contribution >= 0.6 is 39.3 Å². The molecule has 1 heterocycles. The molecule has 0 spiro atoms. The van der Waals surface area contributed by atoms with Crippen LogP contribution in [0.5, 0.6) is 11.5 Å². The number of carbonyl (C=O) groups excluding carboxylic acids is 2. The van der Waals surface area contributed by atoms with Crippen LogP contribution in [0.1, 0.15) is 5.56 Å². The maximum atomic E-state index is 12.6. The molecule has 0 radical (unpaired) electrons. The number of phenolic OH excluding ortho intramolecular Hbond substituents is 1. The lowest BCUT2D eigenvalue weighted by Gasteiger charge is -2.13. The van der Waals surface area contributed by atoms with E-state index in [2.05, 4.69) is 15.9 Å². The van der Waals surface area contributed by atoms with Crippen LogP contribution in [0.4, 0.5) is 10.5 Å². The second kappa shape index (κ2) is 8.85. The molecular formula is C18H12BrClN2O6S. The van der Waals surface area contributed by atoms with Crippen molar-refractivity contribution in [3.05, 3.63) is 66.5 Å². The first-order chi connectivity index (χ1) is 13.8. The summed E-state index contributed by atoms with van der Waals surface area (Å²) in [7, 11) is 0. The highest BCUT2D eigenvalue weighted by molar-refractivity contribution is 9.10. The highest BCUT2D eigenvalue weighted by Crippen LogP contribution is 2.38. The van der Waals surface area contributed by atoms with E-state index in [0.717, 1.165) is 11.0 Å². The summed E-state index contributed by atoms with van der Waals surface area (Å²) in [4.78, 5) is 36.1. The minimum absolute atomic E-state index is 0.00214. The summed E-state index contributed by atoms with van der Waals surface area (Å²) in [5, 5.41) is 21.0. The van der Waals surface area contributed by atoms with E-state index in [-0.39, 0.29) is 23.6 Å². The van der Waals surface area contributed by atoms with Crippen molar-refractivity contribution >= 4 is 62.2 Å². The first kappa shape index (κ1) is 21.2. The number of ether oxygens (including phenoxy) is 1. The number of hydrogen-bond donors (Lipinski definition) is 1. The Morgan fingerprint density at radius 2 is 2.03 bits per heavy atom. The molecule has 1 aliphatic heterocycles. The normalized spacial score (nSPS) is 15.2. The van der Waals surface area contributed by atoms with E-state index in [4.69, 9.17) is 16.3 Å². The molecule has 150 valence electrons. The topological polar surface area (TPSA) is 110 Å². The number of halogens is 2. The molecule has 0 atom stereocenters. The Bertz CT molecular complexity index is 1050. The molecule has 0 saturated carbocycles. The fourth-order valence-electron chi connectivity index (χ4n) is 2.50. The van der Waals surface area contributed by atoms with Crippen molar-refractivity contribution < 1.29 is 24.4 Å². The zero-order valence-electron chi connectivity index (χ0n) is 14.5. The number of nitro groups is 1. The molecule has 0 bridgehead atoms. The lowest BCUT2D eigenvalue weighted by Crippen LogP contribution is -2.32. The van der Waals surface area contributed by atoms with Gasteiger partial charge in [-0.1, -0.05) is 39.7 Å². The zero-order chi connectivity index (χ0) is 21.1. The van der Waals surface area contributed by atoms with Gasteiger partial charge in [0.15, 0.2) is 0 Å². The van der Waals surface area contributed by atoms with Crippen LogP contribution in [0.3, 0.4) is 0 Å². The van der Waals surface area contributed by atoms with Crippen molar-refractivity contribution in [3.8, 4) is 11.5 Å². The summed E-state index contributed by atoms with van der Waals surface area (Å²) in [6.07, 6.45) is 1.24. The minimum Gasteiger partial charge on any atom is -0.502 e. The first-order valence-electron chi connectivity index (χ1n) is 8.07. The largest absolute Gasteiger partial charge is 0.502 e. The summed E-state index contributed by atoms with van der Waals surface area (Å²) in [5.74, 6) is -0.736. The van der Waals surface area contributed by atoms with E-state index in [1.807, 2.05) is 0 Å². The Morgan fingerprint density at radius 3 is 2.72 bits per heavy atom. The van der Waals surface area contributed by atoms with Crippen molar-refractivity contribution in [3.63, 3.8) is 0 Å². The van der Waals surface area contributed by atoms with Crippen molar-refractivity contribution in [1.29, 1.82) is 0 Å². The number of carbonyl (C=O) groups is 2. The van der Waals surface area contributed by atoms with Crippen molar-refractivity contribution in [1.82, 2.24) is 4.90 Å². The van der Waals surface area contributed by atoms with Gasteiger partial charge in [-0.2, -0.15) is 0 Å². The van der Waals surface area contributed by atoms with Crippen molar-refractivity contribution in [2.75, 3.05) is 13.2 Å². The van der Waals surface area contributed by atoms with Gasteiger partial charge >= 0.3 is 5.69 Å². The van der Waals surface area contributed by atoms with E-state index in [1.54, 1.807) is 24.3 Å². The third kappa shape index (κ3) is 4.72. The molecular weight excluding hydrogens is 488 g/mol. The van der Waals surface area contributed by atoms with Gasteiger partial charge in [-0.05, 0) is 36.0 Å². The van der Waals surface area contributed by atoms with Crippen molar-refractivity contribution in [2.45, 2.75) is 0 Å². The molecule has 1 fully saturated rings. The van der Waals surface area contributed by atoms with Crippen LogP contribution in [-0.2, 0) is 4.79 Å². The molecule has 1 saturated heterocycles. The number of thioether (sulfide) groups is 1. The number of phenols is 1. The smallest absolute Gasteiger partial charge is 0.312 e. The number of benzene rings is 2. The molecule has 1 aliphatic rings. The Labute approximate surface area is 182 Å². The van der Waals surface area contributed by atoms with Crippen molar-refractivity contribution in [2.24, 2.45) is 0 Å². The molecule has 3 rings (SSSR count). The Kier molecular flexibility index (Phi) is 6.46. The van der Waals surface area contributed by atoms with Gasteiger partial charge in [-0.3, -0.25) is 24.6 Å². The summed E-state index contributed by atoms with van der Waals surface area (Å²) < 4.78 is 5.85. The maximum absolute atomic E-state index is 12.6. The average Bonchev–Trinajstić information content (AvgIpc) is 2.93. The number of para-hydroxylation sites is 1. The number of aromatic hydroxyl groups is 1. The summed E-state index contributed by atoms with van der Waals surface area (Å²) in [6.45, 7) is 0.0422. The van der Waals surface area contributed by atoms with Gasteiger partial charge in [0.2, 0.25) is 5.75 Å². The molecule has 29 heavy (non-hydrogen) atoms. The van der Waals surface area contributed by atoms with Crippen LogP contribution in [0, 0.1) is 10.1 Å². The Hall–Kier alpha value is -2.56. The first-order valence-corrected chi connectivity index (χ1v) is 10.1. The number of imide groups is 1. The summed E-state index contributed by atoms with van der Waals surface area (Å²) >= 11 is 9.79. The second-order valence-electron chi connectivity index (χ2n) is 5.73. The molecule has 2 amide bonds. The number of nitrogens with zero attached hydrogens (tertiary/aromatic N) is 2. The lowest BCUT2D eigenvalue weighted by atomic mass is 10.1. The summed E-state index contributed by atoms with van der Waals surface area (Å²) in [6, 6.07) is 9.37. The van der Waals surface area contributed by atoms with E-state index < -0.39 is 27.5 Å². The Balaban J connectivity index is 1.75. The van der Waals surface area contributed by atoms with Crippen LogP contribution in [0.15, 0.2) is 45.8 Å². The lowest BCUT2D eigenvalue weighted by molar-refractivity contribution is -0.385. The predicted octanol–water partition coefficient (Wildman–Crippen LogP) is 4.83. The van der Waals surface area contributed by atoms with Gasteiger partial charge in [-0.15, -0.1) is 0 Å². The van der Waals surface area contributed by atoms with E-state index >= 15 is 0 Å². The highest BCUT2D eigenvalue weighted by Gasteiger charge is 2.35. The minimum atomic E-state index is -0.741. The average molecular weight is 500 g/mol. The third-order valence-electron chi connectivity index (χ3n) is 3.85. The van der Waals surface area contributed by atoms with Gasteiger partial charge in [0.1, 0.15) is 12.4 Å². The van der Waals surface area contributed by atoms with Crippen LogP contribution in [0.2, 0.25) is 5.02 Å². The van der Waals surface area contributed by atoms with Gasteiger partial charge in [0, 0.05) is 16.1 Å². The monoisotopic (exact) mass is 498 g/mol. The quantitative estimate of drug-likeness (QED) is 0.344. The zero-order valence-corrected chi connectivity index (χ0v) is 17.7. The molecule has 8 nitrogen and oxygen atoms in total. The molecule has 1 N–H and O–H groups in total. The fraction of sp³-hybridized carbons (Fsp3) is 0.111. The number of amides is 2. The van der Waals surface area contributed by atoms with Crippen LogP contribution in [0.25, 0.3) is 6.08 Å². The number of rotatable bonds is 6. The Morgan fingerprint density at radius 1 is 1.31 bits per heavy atom. The molecule has 0 aromatic heterocycles. The predicted molar refractivity (Wildman–Crippen MR) is 112 cm³/mol. The highest BCUT2D eigenvalue weighted by atomic mass is 79.9. The molecule has 11 heteroatoms. The third-order valence-corrected chi connectivity index (χ3v) is 5.53. The van der Waals surface area contributed by atoms with E-state index in [0.29, 0.717) is 27.0 Å². The summed E-state index contributed by atoms with van der Waals surface area (Å²) in [5.41, 5.74) is -0.470. The van der Waals surface area contributed by atoms with Gasteiger partial charge in [0.25, 0.3) is 11.1 Å². The fourth-order valence-corrected chi connectivity index (χ4v) is 4.01. The van der Waals surface area contributed by atoms with Gasteiger partial charge in [-0.25, -0.2) is 0 Å². The van der Waals surface area contributed by atoms with E-state index in [9.17, 15) is 24.8 Å². The maximum Gasteiger partial charge on any atom is 0.312 e.